The quantitative estimate of drug-likeness (QED) is 0.783. The maximum Gasteiger partial charge on any atom is 0.257 e. The van der Waals surface area contributed by atoms with Gasteiger partial charge in [-0.25, -0.2) is 0 Å². The number of halogens is 1. The van der Waals surface area contributed by atoms with Crippen LogP contribution in [0.3, 0.4) is 0 Å². The number of aryl methyl sites for hydroxylation is 1. The molecule has 5 heteroatoms. The van der Waals surface area contributed by atoms with Gasteiger partial charge in [0.15, 0.2) is 5.82 Å². The molecule has 0 aliphatic heterocycles. The number of hydrogen-bond acceptors (Lipinski definition) is 2. The molecule has 0 saturated heterocycles. The number of nitrogens with one attached hydrogen (secondary N) is 1. The predicted molar refractivity (Wildman–Crippen MR) is 91.9 cm³/mol. The van der Waals surface area contributed by atoms with Gasteiger partial charge in [0, 0.05) is 22.8 Å². The predicted octanol–water partition coefficient (Wildman–Crippen LogP) is 4.15. The number of hydrogen-bond donors (Lipinski definition) is 1. The molecule has 0 bridgehead atoms. The summed E-state index contributed by atoms with van der Waals surface area (Å²) in [6.45, 7) is 2.51. The van der Waals surface area contributed by atoms with Crippen molar-refractivity contribution in [2.24, 2.45) is 0 Å². The Morgan fingerprint density at radius 1 is 1.17 bits per heavy atom. The Balaban J connectivity index is 1.70. The zero-order chi connectivity index (χ0) is 16.2. The van der Waals surface area contributed by atoms with Crippen molar-refractivity contribution in [3.05, 3.63) is 82.5 Å². The molecule has 0 aliphatic rings. The van der Waals surface area contributed by atoms with Crippen molar-refractivity contribution < 1.29 is 4.79 Å². The van der Waals surface area contributed by atoms with Crippen LogP contribution in [-0.4, -0.2) is 15.7 Å². The highest BCUT2D eigenvalue weighted by Crippen LogP contribution is 2.14. The maximum absolute atomic E-state index is 12.3. The topological polar surface area (TPSA) is 46.9 Å². The lowest BCUT2D eigenvalue weighted by atomic mass is 10.1. The van der Waals surface area contributed by atoms with Gasteiger partial charge in [0.25, 0.3) is 5.91 Å². The van der Waals surface area contributed by atoms with Crippen molar-refractivity contribution in [2.75, 3.05) is 5.32 Å². The first-order valence-electron chi connectivity index (χ1n) is 7.27. The van der Waals surface area contributed by atoms with E-state index in [-0.39, 0.29) is 5.91 Å². The number of anilines is 1. The summed E-state index contributed by atoms with van der Waals surface area (Å²) in [7, 11) is 0. The Kier molecular flexibility index (Phi) is 4.44. The highest BCUT2D eigenvalue weighted by molar-refractivity contribution is 6.30. The molecular formula is C18H16ClN3O. The van der Waals surface area contributed by atoms with Gasteiger partial charge in [0.05, 0.1) is 6.54 Å². The molecule has 1 heterocycles. The highest BCUT2D eigenvalue weighted by Gasteiger charge is 2.10. The normalized spacial score (nSPS) is 10.5. The largest absolute Gasteiger partial charge is 0.305 e. The number of rotatable bonds is 4. The Morgan fingerprint density at radius 3 is 2.78 bits per heavy atom. The second-order valence-corrected chi connectivity index (χ2v) is 5.73. The minimum Gasteiger partial charge on any atom is -0.305 e. The molecule has 0 unspecified atom stereocenters. The molecule has 0 radical (unpaired) electrons. The van der Waals surface area contributed by atoms with Gasteiger partial charge in [0.1, 0.15) is 0 Å². The Bertz CT molecular complexity index is 842. The molecule has 0 atom stereocenters. The van der Waals surface area contributed by atoms with E-state index in [0.717, 1.165) is 11.1 Å². The van der Waals surface area contributed by atoms with Crippen LogP contribution in [0.25, 0.3) is 0 Å². The third-order valence-corrected chi connectivity index (χ3v) is 3.74. The van der Waals surface area contributed by atoms with Gasteiger partial charge < -0.3 is 5.32 Å². The molecule has 116 valence electrons. The van der Waals surface area contributed by atoms with E-state index in [1.54, 1.807) is 16.8 Å². The van der Waals surface area contributed by atoms with E-state index in [1.807, 2.05) is 55.6 Å². The molecule has 4 nitrogen and oxygen atoms in total. The summed E-state index contributed by atoms with van der Waals surface area (Å²) in [6, 6.07) is 16.9. The summed E-state index contributed by atoms with van der Waals surface area (Å²) in [5.74, 6) is 0.372. The van der Waals surface area contributed by atoms with Gasteiger partial charge in [-0.15, -0.1) is 0 Å². The molecule has 23 heavy (non-hydrogen) atoms. The highest BCUT2D eigenvalue weighted by atomic mass is 35.5. The lowest BCUT2D eigenvalue weighted by Gasteiger charge is -2.05. The van der Waals surface area contributed by atoms with Gasteiger partial charge in [-0.05, 0) is 36.2 Å². The van der Waals surface area contributed by atoms with Crippen molar-refractivity contribution in [3.63, 3.8) is 0 Å². The SMILES string of the molecule is Cc1ccccc1C(=O)Nc1ccn(Cc2cccc(Cl)c2)n1. The molecule has 3 rings (SSSR count). The van der Waals surface area contributed by atoms with Crippen molar-refractivity contribution in [3.8, 4) is 0 Å². The van der Waals surface area contributed by atoms with Crippen LogP contribution in [0, 0.1) is 6.92 Å². The molecular weight excluding hydrogens is 310 g/mol. The van der Waals surface area contributed by atoms with Gasteiger partial charge in [-0.3, -0.25) is 9.48 Å². The molecule has 1 amide bonds. The molecule has 0 spiro atoms. The summed E-state index contributed by atoms with van der Waals surface area (Å²) in [6.07, 6.45) is 1.83. The van der Waals surface area contributed by atoms with Crippen LogP contribution < -0.4 is 5.32 Å². The number of benzene rings is 2. The first kappa shape index (κ1) is 15.3. The number of aromatic nitrogens is 2. The summed E-state index contributed by atoms with van der Waals surface area (Å²) in [5, 5.41) is 7.89. The first-order valence-corrected chi connectivity index (χ1v) is 7.64. The average Bonchev–Trinajstić information content (AvgIpc) is 2.94. The monoisotopic (exact) mass is 325 g/mol. The summed E-state index contributed by atoms with van der Waals surface area (Å²) >= 11 is 5.98. The number of amides is 1. The van der Waals surface area contributed by atoms with Crippen LogP contribution >= 0.6 is 11.6 Å². The van der Waals surface area contributed by atoms with Gasteiger partial charge in [0.2, 0.25) is 0 Å². The average molecular weight is 326 g/mol. The van der Waals surface area contributed by atoms with E-state index in [9.17, 15) is 4.79 Å². The smallest absolute Gasteiger partial charge is 0.257 e. The Hall–Kier alpha value is -2.59. The molecule has 0 saturated carbocycles. The Labute approximate surface area is 139 Å². The maximum atomic E-state index is 12.3. The lowest BCUT2D eigenvalue weighted by Crippen LogP contribution is -2.14. The third-order valence-electron chi connectivity index (χ3n) is 3.51. The van der Waals surface area contributed by atoms with E-state index in [2.05, 4.69) is 10.4 Å². The van der Waals surface area contributed by atoms with E-state index >= 15 is 0 Å². The first-order chi connectivity index (χ1) is 11.1. The van der Waals surface area contributed by atoms with Crippen molar-refractivity contribution >= 4 is 23.3 Å². The second-order valence-electron chi connectivity index (χ2n) is 5.30. The minimum absolute atomic E-state index is 0.156. The third kappa shape index (κ3) is 3.79. The second kappa shape index (κ2) is 6.67. The standard InChI is InChI=1S/C18H16ClN3O/c1-13-5-2-3-8-16(13)18(23)20-17-9-10-22(21-17)12-14-6-4-7-15(19)11-14/h2-11H,12H2,1H3,(H,20,21,23). The van der Waals surface area contributed by atoms with Crippen LogP contribution in [0.5, 0.6) is 0 Å². The van der Waals surface area contributed by atoms with Crippen LogP contribution in [0.15, 0.2) is 60.8 Å². The molecule has 1 aromatic heterocycles. The van der Waals surface area contributed by atoms with Crippen LogP contribution in [0.4, 0.5) is 5.82 Å². The van der Waals surface area contributed by atoms with E-state index in [4.69, 9.17) is 11.6 Å². The van der Waals surface area contributed by atoms with E-state index in [1.165, 1.54) is 0 Å². The zero-order valence-electron chi connectivity index (χ0n) is 12.7. The minimum atomic E-state index is -0.156. The number of carbonyl (C=O) groups is 1. The van der Waals surface area contributed by atoms with Crippen molar-refractivity contribution in [1.82, 2.24) is 9.78 Å². The fourth-order valence-electron chi connectivity index (χ4n) is 2.35. The van der Waals surface area contributed by atoms with Crippen molar-refractivity contribution in [2.45, 2.75) is 13.5 Å². The van der Waals surface area contributed by atoms with E-state index < -0.39 is 0 Å². The fourth-order valence-corrected chi connectivity index (χ4v) is 2.56. The van der Waals surface area contributed by atoms with Crippen LogP contribution in [0.1, 0.15) is 21.5 Å². The number of nitrogens with zero attached hydrogens (tertiary/aromatic N) is 2. The van der Waals surface area contributed by atoms with E-state index in [0.29, 0.717) is 22.9 Å². The molecule has 3 aromatic rings. The molecule has 0 fully saturated rings. The van der Waals surface area contributed by atoms with Gasteiger partial charge in [-0.2, -0.15) is 5.10 Å². The fraction of sp³-hybridized carbons (Fsp3) is 0.111. The van der Waals surface area contributed by atoms with Crippen LogP contribution in [-0.2, 0) is 6.54 Å². The molecule has 2 aromatic carbocycles. The zero-order valence-corrected chi connectivity index (χ0v) is 13.4. The molecule has 1 N–H and O–H groups in total. The number of carbonyl (C=O) groups excluding carboxylic acids is 1. The van der Waals surface area contributed by atoms with Gasteiger partial charge >= 0.3 is 0 Å². The summed E-state index contributed by atoms with van der Waals surface area (Å²) in [4.78, 5) is 12.3. The lowest BCUT2D eigenvalue weighted by molar-refractivity contribution is 0.102. The van der Waals surface area contributed by atoms with Crippen LogP contribution in [0.2, 0.25) is 5.02 Å². The van der Waals surface area contributed by atoms with Gasteiger partial charge in [-0.1, -0.05) is 41.9 Å². The molecule has 0 aliphatic carbocycles. The Morgan fingerprint density at radius 2 is 2.00 bits per heavy atom. The summed E-state index contributed by atoms with van der Waals surface area (Å²) in [5.41, 5.74) is 2.64. The van der Waals surface area contributed by atoms with Crippen molar-refractivity contribution in [1.29, 1.82) is 0 Å². The summed E-state index contributed by atoms with van der Waals surface area (Å²) < 4.78 is 1.76.